The van der Waals surface area contributed by atoms with E-state index in [4.69, 9.17) is 11.6 Å². The van der Waals surface area contributed by atoms with Crippen LogP contribution in [0.2, 0.25) is 5.15 Å². The molecule has 9 nitrogen and oxygen atoms in total. The third-order valence-corrected chi connectivity index (χ3v) is 5.84. The molecule has 0 amide bonds. The molecule has 0 fully saturated rings. The second-order valence-corrected chi connectivity index (χ2v) is 8.25. The van der Waals surface area contributed by atoms with Gasteiger partial charge in [0.15, 0.2) is 5.78 Å². The number of nitriles is 1. The summed E-state index contributed by atoms with van der Waals surface area (Å²) in [5, 5.41) is 16.8. The van der Waals surface area contributed by atoms with E-state index in [1.807, 2.05) is 19.1 Å². The molecule has 176 valence electrons. The number of halogens is 1. The van der Waals surface area contributed by atoms with Crippen molar-refractivity contribution in [3.05, 3.63) is 81.4 Å². The van der Waals surface area contributed by atoms with E-state index in [1.165, 1.54) is 12.1 Å². The van der Waals surface area contributed by atoms with Crippen LogP contribution in [0.4, 0.5) is 17.1 Å². The van der Waals surface area contributed by atoms with Gasteiger partial charge in [-0.3, -0.25) is 9.59 Å². The third-order valence-electron chi connectivity index (χ3n) is 5.56. The summed E-state index contributed by atoms with van der Waals surface area (Å²) in [7, 11) is 1.70. The Morgan fingerprint density at radius 1 is 1.20 bits per heavy atom. The minimum absolute atomic E-state index is 0.0449. The first-order chi connectivity index (χ1) is 16.8. The molecular weight excluding hydrogens is 466 g/mol. The second-order valence-electron chi connectivity index (χ2n) is 7.89. The van der Waals surface area contributed by atoms with Crippen molar-refractivity contribution in [3.63, 3.8) is 0 Å². The third kappa shape index (κ3) is 4.83. The number of ketones is 1. The highest BCUT2D eigenvalue weighted by molar-refractivity contribution is 6.31. The summed E-state index contributed by atoms with van der Waals surface area (Å²) >= 11 is 6.19. The highest BCUT2D eigenvalue weighted by Crippen LogP contribution is 2.31. The molecule has 1 aromatic carbocycles. The van der Waals surface area contributed by atoms with Crippen LogP contribution in [0.15, 0.2) is 53.6 Å². The van der Waals surface area contributed by atoms with E-state index < -0.39 is 0 Å². The van der Waals surface area contributed by atoms with Crippen LogP contribution in [-0.4, -0.2) is 25.3 Å². The van der Waals surface area contributed by atoms with Gasteiger partial charge in [0, 0.05) is 48.7 Å². The number of carbonyl (C=O) groups excluding carboxylic acids is 1. The molecule has 0 aliphatic carbocycles. The molecule has 1 atom stereocenters. The number of hydrogen-bond acceptors (Lipinski definition) is 8. The summed E-state index contributed by atoms with van der Waals surface area (Å²) in [5.74, 6) is 0.408. The molecule has 2 N–H and O–H groups in total. The molecule has 0 spiro atoms. The van der Waals surface area contributed by atoms with Crippen LogP contribution in [0, 0.1) is 11.3 Å². The van der Waals surface area contributed by atoms with Crippen LogP contribution in [0.3, 0.4) is 0 Å². The Balaban J connectivity index is 1.78. The number of hydrogen-bond donors (Lipinski definition) is 2. The predicted molar refractivity (Wildman–Crippen MR) is 135 cm³/mol. The average Bonchev–Trinajstić information content (AvgIpc) is 2.87. The number of benzene rings is 1. The Morgan fingerprint density at radius 3 is 2.63 bits per heavy atom. The Bertz CT molecular complexity index is 1530. The van der Waals surface area contributed by atoms with Crippen molar-refractivity contribution in [3.8, 4) is 6.07 Å². The van der Waals surface area contributed by atoms with E-state index >= 15 is 0 Å². The second kappa shape index (κ2) is 9.91. The predicted octanol–water partition coefficient (Wildman–Crippen LogP) is 4.76. The van der Waals surface area contributed by atoms with Gasteiger partial charge in [-0.2, -0.15) is 5.26 Å². The summed E-state index contributed by atoms with van der Waals surface area (Å²) in [6.45, 7) is 3.64. The molecule has 0 saturated heterocycles. The lowest BCUT2D eigenvalue weighted by Gasteiger charge is -2.18. The van der Waals surface area contributed by atoms with Gasteiger partial charge >= 0.3 is 0 Å². The van der Waals surface area contributed by atoms with Crippen molar-refractivity contribution in [2.24, 2.45) is 7.05 Å². The fourth-order valence-corrected chi connectivity index (χ4v) is 3.92. The highest BCUT2D eigenvalue weighted by atomic mass is 35.5. The zero-order chi connectivity index (χ0) is 25.1. The molecule has 10 heteroatoms. The van der Waals surface area contributed by atoms with Crippen molar-refractivity contribution >= 4 is 45.3 Å². The van der Waals surface area contributed by atoms with Crippen LogP contribution in [-0.2, 0) is 7.05 Å². The van der Waals surface area contributed by atoms with E-state index in [9.17, 15) is 14.9 Å². The molecule has 3 heterocycles. The molecule has 4 aromatic rings. The topological polar surface area (TPSA) is 126 Å². The zero-order valence-corrected chi connectivity index (χ0v) is 20.1. The van der Waals surface area contributed by atoms with Gasteiger partial charge in [-0.1, -0.05) is 18.5 Å². The summed E-state index contributed by atoms with van der Waals surface area (Å²) in [6, 6.07) is 12.0. The van der Waals surface area contributed by atoms with Gasteiger partial charge in [0.1, 0.15) is 28.3 Å². The Morgan fingerprint density at radius 2 is 1.94 bits per heavy atom. The standard InChI is InChI=1S/C25H22ClN7O2/c1-4-22(34)20-11-18(17(13-27)24(26)32-20)31-15-6-7-21-16(10-15)19(12-23(35)33(21)3)30-14(2)25-28-8-5-9-29-25/h5-12,14,30H,4H2,1-3H3,(H,31,32). The van der Waals surface area contributed by atoms with Crippen LogP contribution in [0.5, 0.6) is 0 Å². The van der Waals surface area contributed by atoms with Gasteiger partial charge in [-0.15, -0.1) is 0 Å². The van der Waals surface area contributed by atoms with Gasteiger partial charge in [-0.05, 0) is 37.3 Å². The lowest BCUT2D eigenvalue weighted by Crippen LogP contribution is -2.19. The molecule has 0 aliphatic rings. The van der Waals surface area contributed by atoms with Crippen LogP contribution >= 0.6 is 11.6 Å². The van der Waals surface area contributed by atoms with E-state index in [1.54, 1.807) is 49.1 Å². The largest absolute Gasteiger partial charge is 0.375 e. The summed E-state index contributed by atoms with van der Waals surface area (Å²) < 4.78 is 1.55. The first kappa shape index (κ1) is 23.9. The SMILES string of the molecule is CCC(=O)c1cc(Nc2ccc3c(c2)c(NC(C)c2ncccn2)cc(=O)n3C)c(C#N)c(Cl)n1. The number of aryl methyl sites for hydroxylation is 1. The fraction of sp³-hybridized carbons (Fsp3) is 0.200. The molecule has 3 aromatic heterocycles. The van der Waals surface area contributed by atoms with Gasteiger partial charge in [0.25, 0.3) is 5.56 Å². The van der Waals surface area contributed by atoms with E-state index in [0.717, 1.165) is 5.39 Å². The number of Topliss-reactive ketones (excluding diaryl/α,β-unsaturated/α-hetero) is 1. The minimum atomic E-state index is -0.255. The lowest BCUT2D eigenvalue weighted by molar-refractivity contribution is 0.0983. The van der Waals surface area contributed by atoms with Crippen molar-refractivity contribution in [2.45, 2.75) is 26.3 Å². The first-order valence-electron chi connectivity index (χ1n) is 10.9. The number of rotatable bonds is 7. The van der Waals surface area contributed by atoms with Gasteiger partial charge in [-0.25, -0.2) is 15.0 Å². The summed E-state index contributed by atoms with van der Waals surface area (Å²) in [4.78, 5) is 37.4. The number of nitrogens with zero attached hydrogens (tertiary/aromatic N) is 5. The number of pyridine rings is 2. The maximum Gasteiger partial charge on any atom is 0.252 e. The molecule has 0 bridgehead atoms. The quantitative estimate of drug-likeness (QED) is 0.282. The molecule has 4 rings (SSSR count). The zero-order valence-electron chi connectivity index (χ0n) is 19.3. The number of carbonyl (C=O) groups is 1. The van der Waals surface area contributed by atoms with Gasteiger partial charge in [0.05, 0.1) is 17.2 Å². The van der Waals surface area contributed by atoms with E-state index in [-0.39, 0.29) is 40.2 Å². The molecule has 0 saturated carbocycles. The number of aromatic nitrogens is 4. The monoisotopic (exact) mass is 487 g/mol. The Hall–Kier alpha value is -4.29. The number of anilines is 3. The average molecular weight is 488 g/mol. The number of nitrogens with one attached hydrogen (secondary N) is 2. The van der Waals surface area contributed by atoms with Crippen LogP contribution in [0.1, 0.15) is 48.2 Å². The Kier molecular flexibility index (Phi) is 6.75. The molecule has 1 unspecified atom stereocenters. The molecule has 0 radical (unpaired) electrons. The highest BCUT2D eigenvalue weighted by Gasteiger charge is 2.17. The molecule has 0 aliphatic heterocycles. The maximum absolute atomic E-state index is 12.6. The maximum atomic E-state index is 12.6. The molecular formula is C25H22ClN7O2. The van der Waals surface area contributed by atoms with Crippen molar-refractivity contribution in [1.82, 2.24) is 19.5 Å². The van der Waals surface area contributed by atoms with E-state index in [0.29, 0.717) is 28.4 Å². The van der Waals surface area contributed by atoms with E-state index in [2.05, 4.69) is 25.6 Å². The normalized spacial score (nSPS) is 11.6. The van der Waals surface area contributed by atoms with Crippen LogP contribution in [0.25, 0.3) is 10.9 Å². The smallest absolute Gasteiger partial charge is 0.252 e. The van der Waals surface area contributed by atoms with Gasteiger partial charge < -0.3 is 15.2 Å². The fourth-order valence-electron chi connectivity index (χ4n) is 3.69. The van der Waals surface area contributed by atoms with Crippen molar-refractivity contribution in [2.75, 3.05) is 10.6 Å². The Labute approximate surface area is 206 Å². The summed E-state index contributed by atoms with van der Waals surface area (Å²) in [6.07, 6.45) is 3.58. The van der Waals surface area contributed by atoms with Crippen LogP contribution < -0.4 is 16.2 Å². The lowest BCUT2D eigenvalue weighted by atomic mass is 10.1. The summed E-state index contributed by atoms with van der Waals surface area (Å²) in [5.41, 5.74) is 2.47. The minimum Gasteiger partial charge on any atom is -0.375 e. The number of fused-ring (bicyclic) bond motifs is 1. The van der Waals surface area contributed by atoms with Crippen molar-refractivity contribution < 1.29 is 4.79 Å². The first-order valence-corrected chi connectivity index (χ1v) is 11.3. The van der Waals surface area contributed by atoms with Crippen molar-refractivity contribution in [1.29, 1.82) is 5.26 Å². The van der Waals surface area contributed by atoms with Gasteiger partial charge in [0.2, 0.25) is 0 Å². The molecule has 35 heavy (non-hydrogen) atoms.